The fraction of sp³-hybridized carbons (Fsp3) is 0.444. The van der Waals surface area contributed by atoms with E-state index in [9.17, 15) is 4.79 Å². The van der Waals surface area contributed by atoms with Crippen molar-refractivity contribution in [2.75, 3.05) is 0 Å². The number of aromatic nitrogens is 1. The number of nitrogens with zero attached hydrogens (tertiary/aromatic N) is 2. The van der Waals surface area contributed by atoms with Crippen LogP contribution < -0.4 is 0 Å². The van der Waals surface area contributed by atoms with Gasteiger partial charge in [0.05, 0.1) is 11.6 Å². The van der Waals surface area contributed by atoms with Crippen LogP contribution in [0.3, 0.4) is 0 Å². The van der Waals surface area contributed by atoms with Crippen LogP contribution in [-0.4, -0.2) is 21.8 Å². The SMILES string of the molecule is C[C@H]1C[C@H]1c1ccc(CN(C(=O)c2nc(Cl)ccc2Cl)C2CC2)o1. The molecule has 2 heterocycles. The third-order valence-electron chi connectivity index (χ3n) is 4.75. The maximum atomic E-state index is 12.9. The highest BCUT2D eigenvalue weighted by molar-refractivity contribution is 6.34. The Hall–Kier alpha value is -1.52. The van der Waals surface area contributed by atoms with Gasteiger partial charge in [-0.3, -0.25) is 4.79 Å². The van der Waals surface area contributed by atoms with E-state index in [2.05, 4.69) is 11.9 Å². The summed E-state index contributed by atoms with van der Waals surface area (Å²) in [5.41, 5.74) is 0.207. The second-order valence-corrected chi connectivity index (χ2v) is 7.55. The lowest BCUT2D eigenvalue weighted by molar-refractivity contribution is 0.0711. The molecule has 0 unspecified atom stereocenters. The van der Waals surface area contributed by atoms with E-state index in [-0.39, 0.29) is 22.8 Å². The molecule has 126 valence electrons. The third kappa shape index (κ3) is 3.17. The number of pyridine rings is 1. The molecule has 6 heteroatoms. The Bertz CT molecular complexity index is 785. The molecule has 4 nitrogen and oxygen atoms in total. The zero-order valence-electron chi connectivity index (χ0n) is 13.3. The van der Waals surface area contributed by atoms with Gasteiger partial charge in [0.2, 0.25) is 0 Å². The van der Waals surface area contributed by atoms with Gasteiger partial charge in [-0.25, -0.2) is 4.98 Å². The normalized spacial score (nSPS) is 22.5. The minimum Gasteiger partial charge on any atom is -0.464 e. The molecule has 2 aromatic rings. The molecule has 2 saturated carbocycles. The number of hydrogen-bond acceptors (Lipinski definition) is 3. The Kier molecular flexibility index (Phi) is 4.05. The summed E-state index contributed by atoms with van der Waals surface area (Å²) in [7, 11) is 0. The van der Waals surface area contributed by atoms with Crippen molar-refractivity contribution in [2.24, 2.45) is 5.92 Å². The van der Waals surface area contributed by atoms with E-state index >= 15 is 0 Å². The molecule has 0 bridgehead atoms. The molecule has 24 heavy (non-hydrogen) atoms. The van der Waals surface area contributed by atoms with Gasteiger partial charge in [0.15, 0.2) is 0 Å². The molecule has 2 aliphatic rings. The maximum absolute atomic E-state index is 12.9. The molecule has 1 amide bonds. The summed E-state index contributed by atoms with van der Waals surface area (Å²) in [6, 6.07) is 7.41. The Morgan fingerprint density at radius 1 is 1.29 bits per heavy atom. The van der Waals surface area contributed by atoms with E-state index in [0.29, 0.717) is 23.4 Å². The molecule has 0 aromatic carbocycles. The van der Waals surface area contributed by atoms with Gasteiger partial charge in [-0.05, 0) is 49.4 Å². The van der Waals surface area contributed by atoms with E-state index in [1.165, 1.54) is 6.42 Å². The smallest absolute Gasteiger partial charge is 0.274 e. The van der Waals surface area contributed by atoms with Gasteiger partial charge in [0.25, 0.3) is 5.91 Å². The predicted octanol–water partition coefficient (Wildman–Crippen LogP) is 4.91. The number of hydrogen-bond donors (Lipinski definition) is 0. The number of rotatable bonds is 5. The van der Waals surface area contributed by atoms with Crippen LogP contribution in [0.1, 0.15) is 54.1 Å². The van der Waals surface area contributed by atoms with Gasteiger partial charge < -0.3 is 9.32 Å². The van der Waals surface area contributed by atoms with Gasteiger partial charge in [0.1, 0.15) is 22.4 Å². The van der Waals surface area contributed by atoms with Crippen molar-refractivity contribution >= 4 is 29.1 Å². The van der Waals surface area contributed by atoms with Crippen LogP contribution >= 0.6 is 23.2 Å². The lowest BCUT2D eigenvalue weighted by atomic mass is 10.2. The monoisotopic (exact) mass is 364 g/mol. The zero-order valence-corrected chi connectivity index (χ0v) is 14.8. The number of carbonyl (C=O) groups is 1. The number of furan rings is 1. The Balaban J connectivity index is 1.55. The molecule has 0 aliphatic heterocycles. The lowest BCUT2D eigenvalue weighted by Crippen LogP contribution is -2.33. The van der Waals surface area contributed by atoms with Crippen LogP contribution in [0.2, 0.25) is 10.2 Å². The van der Waals surface area contributed by atoms with E-state index in [0.717, 1.165) is 24.4 Å². The summed E-state index contributed by atoms with van der Waals surface area (Å²) >= 11 is 12.1. The fourth-order valence-electron chi connectivity index (χ4n) is 3.02. The number of amides is 1. The molecular weight excluding hydrogens is 347 g/mol. The van der Waals surface area contributed by atoms with Crippen molar-refractivity contribution in [3.63, 3.8) is 0 Å². The molecule has 0 radical (unpaired) electrons. The molecule has 0 spiro atoms. The molecule has 2 atom stereocenters. The Morgan fingerprint density at radius 2 is 2.04 bits per heavy atom. The largest absolute Gasteiger partial charge is 0.464 e. The summed E-state index contributed by atoms with van der Waals surface area (Å²) in [6.07, 6.45) is 3.18. The molecule has 2 aromatic heterocycles. The molecule has 0 saturated heterocycles. The first-order chi connectivity index (χ1) is 11.5. The van der Waals surface area contributed by atoms with Crippen molar-refractivity contribution in [3.8, 4) is 0 Å². The van der Waals surface area contributed by atoms with Crippen LogP contribution in [0, 0.1) is 5.92 Å². The van der Waals surface area contributed by atoms with Crippen LogP contribution in [0.25, 0.3) is 0 Å². The van der Waals surface area contributed by atoms with Crippen molar-refractivity contribution in [3.05, 3.63) is 51.7 Å². The zero-order chi connectivity index (χ0) is 16.8. The summed E-state index contributed by atoms with van der Waals surface area (Å²) < 4.78 is 5.95. The van der Waals surface area contributed by atoms with Gasteiger partial charge in [0, 0.05) is 12.0 Å². The molecule has 2 aliphatic carbocycles. The summed E-state index contributed by atoms with van der Waals surface area (Å²) in [5.74, 6) is 2.87. The van der Waals surface area contributed by atoms with E-state index in [4.69, 9.17) is 27.6 Å². The van der Waals surface area contributed by atoms with E-state index < -0.39 is 0 Å². The molecule has 4 rings (SSSR count). The first-order valence-electron chi connectivity index (χ1n) is 8.24. The van der Waals surface area contributed by atoms with E-state index in [1.807, 2.05) is 12.1 Å². The topological polar surface area (TPSA) is 46.3 Å². The van der Waals surface area contributed by atoms with Gasteiger partial charge in [-0.15, -0.1) is 0 Å². The minimum atomic E-state index is -0.192. The van der Waals surface area contributed by atoms with Gasteiger partial charge in [-0.2, -0.15) is 0 Å². The lowest BCUT2D eigenvalue weighted by Gasteiger charge is -2.21. The van der Waals surface area contributed by atoms with Crippen LogP contribution in [-0.2, 0) is 6.54 Å². The number of carbonyl (C=O) groups excluding carboxylic acids is 1. The second kappa shape index (κ2) is 6.08. The highest BCUT2D eigenvalue weighted by Crippen LogP contribution is 2.47. The molecule has 0 N–H and O–H groups in total. The Morgan fingerprint density at radius 3 is 2.71 bits per heavy atom. The summed E-state index contributed by atoms with van der Waals surface area (Å²) in [4.78, 5) is 18.8. The molecule has 2 fully saturated rings. The van der Waals surface area contributed by atoms with Crippen molar-refractivity contribution in [2.45, 2.75) is 44.7 Å². The highest BCUT2D eigenvalue weighted by Gasteiger charge is 2.38. The van der Waals surface area contributed by atoms with Crippen molar-refractivity contribution in [1.29, 1.82) is 0 Å². The Labute approximate surface area is 150 Å². The van der Waals surface area contributed by atoms with E-state index in [1.54, 1.807) is 17.0 Å². The third-order valence-corrected chi connectivity index (χ3v) is 5.26. The van der Waals surface area contributed by atoms with Crippen LogP contribution in [0.5, 0.6) is 0 Å². The second-order valence-electron chi connectivity index (χ2n) is 6.75. The quantitative estimate of drug-likeness (QED) is 0.708. The highest BCUT2D eigenvalue weighted by atomic mass is 35.5. The fourth-order valence-corrected chi connectivity index (χ4v) is 3.36. The standard InChI is InChI=1S/C18H18Cl2N2O2/c1-10-8-13(10)15-6-4-12(24-15)9-22(11-2-3-11)18(23)17-14(19)5-7-16(20)21-17/h4-7,10-11,13H,2-3,8-9H2,1H3/t10-,13+/m0/s1. The first kappa shape index (κ1) is 16.0. The van der Waals surface area contributed by atoms with Gasteiger partial charge in [-0.1, -0.05) is 30.1 Å². The maximum Gasteiger partial charge on any atom is 0.274 e. The first-order valence-corrected chi connectivity index (χ1v) is 9.00. The van der Waals surface area contributed by atoms with Crippen molar-refractivity contribution in [1.82, 2.24) is 9.88 Å². The van der Waals surface area contributed by atoms with Crippen molar-refractivity contribution < 1.29 is 9.21 Å². The summed E-state index contributed by atoms with van der Waals surface area (Å²) in [6.45, 7) is 2.66. The molecular formula is C18H18Cl2N2O2. The van der Waals surface area contributed by atoms with Crippen LogP contribution in [0.4, 0.5) is 0 Å². The predicted molar refractivity (Wildman–Crippen MR) is 92.4 cm³/mol. The summed E-state index contributed by atoms with van der Waals surface area (Å²) in [5, 5.41) is 0.587. The average Bonchev–Trinajstić information content (AvgIpc) is 3.48. The average molecular weight is 365 g/mol. The van der Waals surface area contributed by atoms with Gasteiger partial charge >= 0.3 is 0 Å². The minimum absolute atomic E-state index is 0.192. The van der Waals surface area contributed by atoms with Crippen LogP contribution in [0.15, 0.2) is 28.7 Å². The number of halogens is 2.